The van der Waals surface area contributed by atoms with E-state index in [1.807, 2.05) is 0 Å². The van der Waals surface area contributed by atoms with Gasteiger partial charge in [-0.2, -0.15) is 10.2 Å². The van der Waals surface area contributed by atoms with Gasteiger partial charge in [-0.1, -0.05) is 60.0 Å². The smallest absolute Gasteiger partial charge is 0.872 e. The number of hydrazone groups is 2. The van der Waals surface area contributed by atoms with Crippen LogP contribution in [0, 0.1) is 0 Å². The van der Waals surface area contributed by atoms with Crippen molar-refractivity contribution in [2.75, 3.05) is 14.1 Å². The van der Waals surface area contributed by atoms with Gasteiger partial charge in [0.15, 0.2) is 0 Å². The van der Waals surface area contributed by atoms with Crippen molar-refractivity contribution < 1.29 is 31.3 Å². The maximum atomic E-state index is 11.0. The third-order valence-corrected chi connectivity index (χ3v) is 2.50. The van der Waals surface area contributed by atoms with Crippen LogP contribution in [0.15, 0.2) is 58.7 Å². The first-order valence-corrected chi connectivity index (χ1v) is 6.60. The van der Waals surface area contributed by atoms with Crippen LogP contribution in [-0.4, -0.2) is 26.5 Å². The molecule has 0 radical (unpaired) electrons. The maximum Gasteiger partial charge on any atom is 2.00 e. The van der Waals surface area contributed by atoms with Crippen LogP contribution in [0.4, 0.5) is 0 Å². The Morgan fingerprint density at radius 2 is 1.09 bits per heavy atom. The van der Waals surface area contributed by atoms with Crippen molar-refractivity contribution in [1.29, 1.82) is 0 Å². The molecule has 2 rings (SSSR count). The summed E-state index contributed by atoms with van der Waals surface area (Å²) in [4.78, 5) is 0. The second-order valence-electron chi connectivity index (χ2n) is 4.04. The number of hydrogen-bond acceptors (Lipinski definition) is 6. The Labute approximate surface area is 150 Å². The van der Waals surface area contributed by atoms with Gasteiger partial charge in [0.05, 0.1) is 12.4 Å². The Kier molecular flexibility index (Phi) is 11.0. The van der Waals surface area contributed by atoms with E-state index in [0.29, 0.717) is 11.1 Å². The summed E-state index contributed by atoms with van der Waals surface area (Å²) >= 11 is 0. The summed E-state index contributed by atoms with van der Waals surface area (Å²) in [6, 6.07) is 13.5. The van der Waals surface area contributed by atoms with Crippen molar-refractivity contribution in [2.45, 2.75) is 0 Å². The van der Waals surface area contributed by atoms with Gasteiger partial charge in [-0.25, -0.2) is 0 Å². The zero-order valence-electron chi connectivity index (χ0n) is 12.8. The number of para-hydroxylation sites is 2. The molecular formula is C16H18N4O2Pt. The minimum absolute atomic E-state index is 0. The molecule has 0 spiro atoms. The monoisotopic (exact) mass is 493 g/mol. The van der Waals surface area contributed by atoms with Crippen LogP contribution in [0.3, 0.4) is 0 Å². The molecular weight excluding hydrogens is 475 g/mol. The third-order valence-electron chi connectivity index (χ3n) is 2.50. The molecule has 0 heterocycles. The fourth-order valence-corrected chi connectivity index (χ4v) is 1.44. The minimum Gasteiger partial charge on any atom is -0.872 e. The van der Waals surface area contributed by atoms with Crippen LogP contribution >= 0.6 is 0 Å². The molecule has 0 saturated carbocycles. The first kappa shape index (κ1) is 20.7. The van der Waals surface area contributed by atoms with Crippen molar-refractivity contribution >= 4 is 12.4 Å². The van der Waals surface area contributed by atoms with Gasteiger partial charge in [-0.05, 0) is 11.1 Å². The van der Waals surface area contributed by atoms with Crippen molar-refractivity contribution in [3.05, 3.63) is 59.7 Å². The summed E-state index contributed by atoms with van der Waals surface area (Å²) in [6.07, 6.45) is 3.00. The summed E-state index contributed by atoms with van der Waals surface area (Å²) in [5.74, 6) is -0.0157. The van der Waals surface area contributed by atoms with Crippen LogP contribution in [0.25, 0.3) is 0 Å². The van der Waals surface area contributed by atoms with Gasteiger partial charge in [0.25, 0.3) is 0 Å². The molecule has 0 fully saturated rings. The number of hydrogen-bond donors (Lipinski definition) is 2. The molecule has 2 aromatic rings. The molecule has 0 unspecified atom stereocenters. The molecule has 0 aliphatic heterocycles. The summed E-state index contributed by atoms with van der Waals surface area (Å²) < 4.78 is 0. The molecule has 23 heavy (non-hydrogen) atoms. The van der Waals surface area contributed by atoms with E-state index in [0.717, 1.165) is 0 Å². The number of benzene rings is 2. The van der Waals surface area contributed by atoms with E-state index >= 15 is 0 Å². The van der Waals surface area contributed by atoms with Crippen LogP contribution in [0.1, 0.15) is 11.1 Å². The summed E-state index contributed by atoms with van der Waals surface area (Å²) in [5.41, 5.74) is 6.35. The molecule has 0 amide bonds. The van der Waals surface area contributed by atoms with Crippen molar-refractivity contribution in [1.82, 2.24) is 10.9 Å². The minimum atomic E-state index is -0.00787. The van der Waals surface area contributed by atoms with Crippen molar-refractivity contribution in [3.8, 4) is 11.5 Å². The average molecular weight is 493 g/mol. The van der Waals surface area contributed by atoms with Crippen LogP contribution in [0.5, 0.6) is 11.5 Å². The van der Waals surface area contributed by atoms with Crippen molar-refractivity contribution in [3.63, 3.8) is 0 Å². The van der Waals surface area contributed by atoms with Gasteiger partial charge >= 0.3 is 21.1 Å². The topological polar surface area (TPSA) is 94.9 Å². The van der Waals surface area contributed by atoms with Gasteiger partial charge in [0, 0.05) is 14.1 Å². The second-order valence-corrected chi connectivity index (χ2v) is 4.04. The van der Waals surface area contributed by atoms with E-state index in [-0.39, 0.29) is 32.6 Å². The van der Waals surface area contributed by atoms with Crippen molar-refractivity contribution in [2.24, 2.45) is 10.2 Å². The number of rotatable bonds is 4. The van der Waals surface area contributed by atoms with E-state index in [1.165, 1.54) is 24.6 Å². The Morgan fingerprint density at radius 1 is 0.739 bits per heavy atom. The largest absolute Gasteiger partial charge is 2.00 e. The molecule has 0 atom stereocenters. The molecule has 0 bridgehead atoms. The number of nitrogens with zero attached hydrogens (tertiary/aromatic N) is 2. The molecule has 0 aliphatic rings. The molecule has 2 N–H and O–H groups in total. The standard InChI is InChI=1S/2C8H10N2O.Pt/c2*1-9-10-6-7-4-2-3-5-8(7)11;/h2*2-6,9,11H,1H3;/q;;+2/p-2/b2*10-6+;. The molecule has 0 saturated heterocycles. The van der Waals surface area contributed by atoms with Gasteiger partial charge in [0.2, 0.25) is 0 Å². The Morgan fingerprint density at radius 3 is 1.39 bits per heavy atom. The maximum absolute atomic E-state index is 11.0. The fraction of sp³-hybridized carbons (Fsp3) is 0.125. The second kappa shape index (κ2) is 12.2. The van der Waals surface area contributed by atoms with E-state index in [2.05, 4.69) is 21.1 Å². The first-order valence-electron chi connectivity index (χ1n) is 6.60. The Balaban J connectivity index is 0.000000403. The molecule has 0 aromatic heterocycles. The Hall–Kier alpha value is -2.33. The summed E-state index contributed by atoms with van der Waals surface area (Å²) in [5, 5.41) is 29.5. The zero-order valence-corrected chi connectivity index (χ0v) is 15.1. The van der Waals surface area contributed by atoms with Gasteiger partial charge < -0.3 is 21.1 Å². The molecule has 7 heteroatoms. The van der Waals surface area contributed by atoms with E-state index < -0.39 is 0 Å². The molecule has 124 valence electrons. The SMILES string of the molecule is CN/N=C/c1ccccc1[O-].CN/N=C/c1ccccc1[O-].[Pt+2]. The summed E-state index contributed by atoms with van der Waals surface area (Å²) in [6.45, 7) is 0. The first-order chi connectivity index (χ1) is 10.7. The van der Waals surface area contributed by atoms with E-state index in [1.54, 1.807) is 50.5 Å². The number of nitrogens with one attached hydrogen (secondary N) is 2. The van der Waals surface area contributed by atoms with Crippen LogP contribution in [-0.2, 0) is 21.1 Å². The third kappa shape index (κ3) is 8.02. The molecule has 2 aromatic carbocycles. The summed E-state index contributed by atoms with van der Waals surface area (Å²) in [7, 11) is 3.37. The predicted molar refractivity (Wildman–Crippen MR) is 85.1 cm³/mol. The van der Waals surface area contributed by atoms with Gasteiger partial charge in [0.1, 0.15) is 0 Å². The van der Waals surface area contributed by atoms with E-state index in [9.17, 15) is 10.2 Å². The average Bonchev–Trinajstić information content (AvgIpc) is 2.54. The fourth-order valence-electron chi connectivity index (χ4n) is 1.44. The normalized spacial score (nSPS) is 9.83. The van der Waals surface area contributed by atoms with Gasteiger partial charge in [-0.15, -0.1) is 0 Å². The molecule has 0 aliphatic carbocycles. The Bertz CT molecular complexity index is 577. The molecule has 6 nitrogen and oxygen atoms in total. The van der Waals surface area contributed by atoms with E-state index in [4.69, 9.17) is 0 Å². The zero-order chi connectivity index (χ0) is 16.2. The van der Waals surface area contributed by atoms with Gasteiger partial charge in [-0.3, -0.25) is 0 Å². The predicted octanol–water partition coefficient (Wildman–Crippen LogP) is 0.624. The van der Waals surface area contributed by atoms with Crippen LogP contribution in [0.2, 0.25) is 0 Å². The van der Waals surface area contributed by atoms with Crippen LogP contribution < -0.4 is 21.1 Å². The quantitative estimate of drug-likeness (QED) is 0.483.